The summed E-state index contributed by atoms with van der Waals surface area (Å²) in [6.07, 6.45) is 0. The number of nitrogens with zero attached hydrogens (tertiary/aromatic N) is 5. The molecule has 0 saturated carbocycles. The SMILES string of the molecule is c1ccc(-c2cccc(-c3ccc(-c4nc(-c5ccccc5)nc(-c5cccc6c5c5ccc7c8cccc(-n9c%10ccccc%10c%10ccccc%109)c8oc7c5n6-c5ccccc5)n4)cc3)c2)cc1. The fraction of sp³-hybridized carbons (Fsp3) is 0. The quantitative estimate of drug-likeness (QED) is 0.160. The number of benzene rings is 10. The van der Waals surface area contributed by atoms with Crippen LogP contribution in [0.25, 0.3) is 133 Å². The van der Waals surface area contributed by atoms with E-state index in [9.17, 15) is 0 Å². The topological polar surface area (TPSA) is 61.7 Å². The molecule has 6 nitrogen and oxygen atoms in total. The fourth-order valence-corrected chi connectivity index (χ4v) is 10.4. The Kier molecular flexibility index (Phi) is 8.79. The molecule has 6 heteroatoms. The molecule has 0 aliphatic heterocycles. The van der Waals surface area contributed by atoms with Crippen LogP contribution in [-0.4, -0.2) is 24.1 Å². The predicted molar refractivity (Wildman–Crippen MR) is 283 cm³/mol. The monoisotopic (exact) mass is 881 g/mol. The molecule has 4 aromatic heterocycles. The van der Waals surface area contributed by atoms with Crippen molar-refractivity contribution >= 4 is 65.6 Å². The number of hydrogen-bond acceptors (Lipinski definition) is 4. The van der Waals surface area contributed by atoms with Crippen molar-refractivity contribution in [2.75, 3.05) is 0 Å². The molecule has 0 aliphatic carbocycles. The highest BCUT2D eigenvalue weighted by atomic mass is 16.3. The Morgan fingerprint density at radius 1 is 0.304 bits per heavy atom. The second-order valence-electron chi connectivity index (χ2n) is 17.5. The third-order valence-corrected chi connectivity index (χ3v) is 13.6. The molecular formula is C63H39N5O. The van der Waals surface area contributed by atoms with E-state index in [1.807, 2.05) is 24.3 Å². The molecule has 0 spiro atoms. The number of rotatable bonds is 7. The summed E-state index contributed by atoms with van der Waals surface area (Å²) in [7, 11) is 0. The van der Waals surface area contributed by atoms with Gasteiger partial charge in [0.05, 0.1) is 27.8 Å². The number of para-hydroxylation sites is 4. The lowest BCUT2D eigenvalue weighted by Crippen LogP contribution is -2.00. The molecule has 14 rings (SSSR count). The Balaban J connectivity index is 0.980. The first-order chi connectivity index (χ1) is 34.2. The summed E-state index contributed by atoms with van der Waals surface area (Å²) in [5.41, 5.74) is 15.3. The molecule has 0 saturated heterocycles. The smallest absolute Gasteiger partial charge is 0.164 e. The predicted octanol–water partition coefficient (Wildman–Crippen LogP) is 16.3. The van der Waals surface area contributed by atoms with Gasteiger partial charge in [-0.2, -0.15) is 0 Å². The van der Waals surface area contributed by atoms with E-state index >= 15 is 0 Å². The highest BCUT2D eigenvalue weighted by Crippen LogP contribution is 2.45. The van der Waals surface area contributed by atoms with Crippen LogP contribution in [0.3, 0.4) is 0 Å². The van der Waals surface area contributed by atoms with E-state index < -0.39 is 0 Å². The highest BCUT2D eigenvalue weighted by molar-refractivity contribution is 6.24. The van der Waals surface area contributed by atoms with Gasteiger partial charge in [-0.25, -0.2) is 15.0 Å². The van der Waals surface area contributed by atoms with Gasteiger partial charge in [-0.1, -0.05) is 188 Å². The lowest BCUT2D eigenvalue weighted by molar-refractivity contribution is 0.668. The van der Waals surface area contributed by atoms with Gasteiger partial charge in [0.1, 0.15) is 0 Å². The molecule has 10 aromatic carbocycles. The Hall–Kier alpha value is -9.39. The number of furan rings is 1. The van der Waals surface area contributed by atoms with E-state index in [1.54, 1.807) is 0 Å². The maximum Gasteiger partial charge on any atom is 0.164 e. The molecule has 4 heterocycles. The molecule has 0 radical (unpaired) electrons. The van der Waals surface area contributed by atoms with Crippen LogP contribution in [-0.2, 0) is 0 Å². The Morgan fingerprint density at radius 2 is 0.783 bits per heavy atom. The standard InChI is InChI=1S/C63H39N5O/c1-4-17-40(18-5-1)44-21-14-22-45(39-44)41-33-35-43(36-34-41)62-64-61(42-19-6-2-7-20-42)65-63(66-62)52-28-16-31-55-57(52)51-38-37-50-49-27-15-32-56(59(49)69-60(50)58(51)67(55)46-23-8-3-9-24-46)68-53-29-12-10-25-47(53)48-26-11-13-30-54(48)68/h1-39H. The third kappa shape index (κ3) is 6.23. The first-order valence-corrected chi connectivity index (χ1v) is 23.3. The second kappa shape index (κ2) is 15.6. The van der Waals surface area contributed by atoms with Crippen LogP contribution in [0.15, 0.2) is 241 Å². The van der Waals surface area contributed by atoms with Crippen LogP contribution in [0.1, 0.15) is 0 Å². The summed E-state index contributed by atoms with van der Waals surface area (Å²) in [5.74, 6) is 1.80. The molecule has 0 unspecified atom stereocenters. The Bertz CT molecular complexity index is 4230. The maximum absolute atomic E-state index is 7.30. The first kappa shape index (κ1) is 38.8. The molecule has 0 amide bonds. The molecule has 0 fully saturated rings. The van der Waals surface area contributed by atoms with Gasteiger partial charge in [0.15, 0.2) is 28.6 Å². The summed E-state index contributed by atoms with van der Waals surface area (Å²) in [4.78, 5) is 15.7. The minimum absolute atomic E-state index is 0.592. The van der Waals surface area contributed by atoms with Crippen LogP contribution < -0.4 is 0 Å². The molecule has 0 bridgehead atoms. The minimum atomic E-state index is 0.592. The minimum Gasteiger partial charge on any atom is -0.452 e. The molecule has 322 valence electrons. The van der Waals surface area contributed by atoms with Crippen molar-refractivity contribution in [3.05, 3.63) is 237 Å². The normalized spacial score (nSPS) is 11.8. The number of hydrogen-bond donors (Lipinski definition) is 0. The van der Waals surface area contributed by atoms with Gasteiger partial charge in [-0.15, -0.1) is 0 Å². The van der Waals surface area contributed by atoms with Crippen LogP contribution in [0, 0.1) is 0 Å². The molecule has 0 aliphatic rings. The maximum atomic E-state index is 7.30. The second-order valence-corrected chi connectivity index (χ2v) is 17.5. The largest absolute Gasteiger partial charge is 0.452 e. The van der Waals surface area contributed by atoms with Gasteiger partial charge in [0, 0.05) is 54.7 Å². The van der Waals surface area contributed by atoms with Gasteiger partial charge in [-0.3, -0.25) is 0 Å². The van der Waals surface area contributed by atoms with Gasteiger partial charge >= 0.3 is 0 Å². The molecule has 0 atom stereocenters. The summed E-state index contributed by atoms with van der Waals surface area (Å²) in [5, 5.41) is 6.59. The summed E-state index contributed by atoms with van der Waals surface area (Å²) in [6.45, 7) is 0. The zero-order valence-corrected chi connectivity index (χ0v) is 37.2. The first-order valence-electron chi connectivity index (χ1n) is 23.3. The molecule has 14 aromatic rings. The van der Waals surface area contributed by atoms with Crippen molar-refractivity contribution < 1.29 is 4.42 Å². The lowest BCUT2D eigenvalue weighted by Gasteiger charge is -2.11. The zero-order chi connectivity index (χ0) is 45.4. The van der Waals surface area contributed by atoms with Crippen molar-refractivity contribution in [3.8, 4) is 67.8 Å². The van der Waals surface area contributed by atoms with E-state index in [-0.39, 0.29) is 0 Å². The van der Waals surface area contributed by atoms with Crippen LogP contribution in [0.5, 0.6) is 0 Å². The van der Waals surface area contributed by atoms with Crippen LogP contribution >= 0.6 is 0 Å². The van der Waals surface area contributed by atoms with E-state index in [0.717, 1.165) is 94.0 Å². The van der Waals surface area contributed by atoms with E-state index in [1.165, 1.54) is 21.9 Å². The third-order valence-electron chi connectivity index (χ3n) is 13.6. The van der Waals surface area contributed by atoms with E-state index in [0.29, 0.717) is 17.5 Å². The molecular weight excluding hydrogens is 843 g/mol. The van der Waals surface area contributed by atoms with Crippen molar-refractivity contribution in [1.82, 2.24) is 24.1 Å². The van der Waals surface area contributed by atoms with Gasteiger partial charge < -0.3 is 13.6 Å². The number of aromatic nitrogens is 5. The fourth-order valence-electron chi connectivity index (χ4n) is 10.4. The molecule has 69 heavy (non-hydrogen) atoms. The van der Waals surface area contributed by atoms with Gasteiger partial charge in [0.2, 0.25) is 0 Å². The zero-order valence-electron chi connectivity index (χ0n) is 37.2. The van der Waals surface area contributed by atoms with Crippen molar-refractivity contribution in [2.24, 2.45) is 0 Å². The molecule has 0 N–H and O–H groups in total. The van der Waals surface area contributed by atoms with E-state index in [4.69, 9.17) is 19.4 Å². The highest BCUT2D eigenvalue weighted by Gasteiger charge is 2.25. The van der Waals surface area contributed by atoms with Crippen LogP contribution in [0.4, 0.5) is 0 Å². The summed E-state index contributed by atoms with van der Waals surface area (Å²) < 4.78 is 12.0. The summed E-state index contributed by atoms with van der Waals surface area (Å²) in [6, 6.07) is 83.1. The van der Waals surface area contributed by atoms with Gasteiger partial charge in [-0.05, 0) is 70.8 Å². The van der Waals surface area contributed by atoms with Crippen molar-refractivity contribution in [2.45, 2.75) is 0 Å². The Labute approximate surface area is 396 Å². The summed E-state index contributed by atoms with van der Waals surface area (Å²) >= 11 is 0. The number of fused-ring (bicyclic) bond motifs is 10. The lowest BCUT2D eigenvalue weighted by atomic mass is 9.98. The van der Waals surface area contributed by atoms with Gasteiger partial charge in [0.25, 0.3) is 0 Å². The van der Waals surface area contributed by atoms with Crippen molar-refractivity contribution in [1.29, 1.82) is 0 Å². The Morgan fingerprint density at radius 3 is 1.48 bits per heavy atom. The van der Waals surface area contributed by atoms with Crippen molar-refractivity contribution in [3.63, 3.8) is 0 Å². The van der Waals surface area contributed by atoms with Crippen LogP contribution in [0.2, 0.25) is 0 Å². The van der Waals surface area contributed by atoms with E-state index in [2.05, 4.69) is 221 Å². The average Bonchev–Trinajstić information content (AvgIpc) is 4.10. The average molecular weight is 882 g/mol.